The number of nitrogens with zero attached hydrogens (tertiary/aromatic N) is 2. The monoisotopic (exact) mass is 375 g/mol. The molecule has 1 N–H and O–H groups in total. The van der Waals surface area contributed by atoms with Crippen molar-refractivity contribution < 1.29 is 9.59 Å². The Kier molecular flexibility index (Phi) is 6.59. The number of hydrogen-bond donors (Lipinski definition) is 1. The predicted octanol–water partition coefficient (Wildman–Crippen LogP) is 2.04. The van der Waals surface area contributed by atoms with E-state index in [1.54, 1.807) is 0 Å². The zero-order valence-corrected chi connectivity index (χ0v) is 16.6. The number of nitrogens with one attached hydrogen (secondary N) is 1. The minimum atomic E-state index is -0.377. The third kappa shape index (κ3) is 4.80. The molecule has 2 amide bonds. The summed E-state index contributed by atoms with van der Waals surface area (Å²) in [5.74, 6) is 2.29. The first kappa shape index (κ1) is 19.2. The first-order chi connectivity index (χ1) is 12.5. The number of piperazine rings is 1. The van der Waals surface area contributed by atoms with Crippen LogP contribution in [-0.4, -0.2) is 65.3 Å². The first-order valence-electron chi connectivity index (χ1n) is 9.45. The summed E-state index contributed by atoms with van der Waals surface area (Å²) in [6.45, 7) is 4.20. The molecule has 142 valence electrons. The van der Waals surface area contributed by atoms with Gasteiger partial charge in [-0.15, -0.1) is 0 Å². The number of benzene rings is 1. The van der Waals surface area contributed by atoms with Gasteiger partial charge in [0.05, 0.1) is 12.5 Å². The van der Waals surface area contributed by atoms with Crippen LogP contribution in [0.15, 0.2) is 24.3 Å². The molecule has 2 fully saturated rings. The van der Waals surface area contributed by atoms with Gasteiger partial charge in [-0.3, -0.25) is 14.5 Å². The zero-order valence-electron chi connectivity index (χ0n) is 15.7. The molecule has 0 spiro atoms. The van der Waals surface area contributed by atoms with Crippen LogP contribution in [0.25, 0.3) is 0 Å². The molecule has 2 saturated heterocycles. The van der Waals surface area contributed by atoms with Crippen LogP contribution in [-0.2, 0) is 16.1 Å². The fraction of sp³-hybridized carbons (Fsp3) is 0.600. The first-order valence-corrected chi connectivity index (χ1v) is 10.6. The van der Waals surface area contributed by atoms with E-state index in [0.29, 0.717) is 19.1 Å². The van der Waals surface area contributed by atoms with Crippen molar-refractivity contribution in [2.24, 2.45) is 0 Å². The highest BCUT2D eigenvalue weighted by Crippen LogP contribution is 2.22. The molecule has 1 atom stereocenters. The number of carbonyl (C=O) groups excluding carboxylic acids is 2. The lowest BCUT2D eigenvalue weighted by Gasteiger charge is -2.37. The van der Waals surface area contributed by atoms with E-state index < -0.39 is 0 Å². The molecule has 0 aliphatic carbocycles. The molecule has 2 aliphatic rings. The van der Waals surface area contributed by atoms with Gasteiger partial charge in [0.25, 0.3) is 0 Å². The lowest BCUT2D eigenvalue weighted by molar-refractivity contribution is -0.139. The van der Waals surface area contributed by atoms with Crippen LogP contribution < -0.4 is 5.32 Å². The molecule has 6 heteroatoms. The van der Waals surface area contributed by atoms with Gasteiger partial charge in [0.2, 0.25) is 11.8 Å². The van der Waals surface area contributed by atoms with Crippen LogP contribution >= 0.6 is 11.8 Å². The van der Waals surface area contributed by atoms with Crippen molar-refractivity contribution in [2.45, 2.75) is 44.8 Å². The van der Waals surface area contributed by atoms with Crippen molar-refractivity contribution in [3.05, 3.63) is 35.4 Å². The Morgan fingerprint density at radius 3 is 2.65 bits per heavy atom. The van der Waals surface area contributed by atoms with Crippen LogP contribution in [0, 0.1) is 6.92 Å². The van der Waals surface area contributed by atoms with E-state index in [0.717, 1.165) is 30.9 Å². The van der Waals surface area contributed by atoms with Crippen molar-refractivity contribution in [3.8, 4) is 0 Å². The quantitative estimate of drug-likeness (QED) is 0.856. The maximum Gasteiger partial charge on any atom is 0.237 e. The van der Waals surface area contributed by atoms with Crippen molar-refractivity contribution in [2.75, 3.05) is 31.6 Å². The van der Waals surface area contributed by atoms with Gasteiger partial charge in [-0.1, -0.05) is 29.8 Å². The normalized spacial score (nSPS) is 22.1. The number of aryl methyl sites for hydroxylation is 1. The number of amides is 2. The van der Waals surface area contributed by atoms with Crippen molar-refractivity contribution in [1.82, 2.24) is 15.1 Å². The lowest BCUT2D eigenvalue weighted by atomic mass is 10.0. The van der Waals surface area contributed by atoms with E-state index in [-0.39, 0.29) is 24.3 Å². The summed E-state index contributed by atoms with van der Waals surface area (Å²) in [5.41, 5.74) is 2.41. The summed E-state index contributed by atoms with van der Waals surface area (Å²) >= 11 is 1.96. The van der Waals surface area contributed by atoms with Gasteiger partial charge in [0.1, 0.15) is 0 Å². The molecule has 0 radical (unpaired) electrons. The molecule has 3 rings (SSSR count). The van der Waals surface area contributed by atoms with Crippen LogP contribution in [0.3, 0.4) is 0 Å². The van der Waals surface area contributed by atoms with Crippen LogP contribution in [0.4, 0.5) is 0 Å². The topological polar surface area (TPSA) is 52.7 Å². The van der Waals surface area contributed by atoms with Gasteiger partial charge in [-0.25, -0.2) is 0 Å². The van der Waals surface area contributed by atoms with E-state index in [4.69, 9.17) is 0 Å². The summed E-state index contributed by atoms with van der Waals surface area (Å²) in [7, 11) is 1.90. The highest BCUT2D eigenvalue weighted by Gasteiger charge is 2.33. The molecule has 1 aromatic rings. The zero-order chi connectivity index (χ0) is 18.5. The van der Waals surface area contributed by atoms with Crippen molar-refractivity contribution in [3.63, 3.8) is 0 Å². The second-order valence-corrected chi connectivity index (χ2v) is 8.54. The molecular weight excluding hydrogens is 346 g/mol. The van der Waals surface area contributed by atoms with E-state index >= 15 is 0 Å². The fourth-order valence-corrected chi connectivity index (χ4v) is 4.77. The van der Waals surface area contributed by atoms with E-state index in [1.165, 1.54) is 11.1 Å². The number of rotatable bonds is 5. The molecule has 0 unspecified atom stereocenters. The molecule has 5 nitrogen and oxygen atoms in total. The summed E-state index contributed by atoms with van der Waals surface area (Å²) in [6.07, 6.45) is 2.37. The van der Waals surface area contributed by atoms with Gasteiger partial charge in [-0.2, -0.15) is 11.8 Å². The average Bonchev–Trinajstić information content (AvgIpc) is 2.66. The predicted molar refractivity (Wildman–Crippen MR) is 106 cm³/mol. The molecule has 1 aromatic carbocycles. The Hall–Kier alpha value is -1.53. The third-order valence-corrected chi connectivity index (χ3v) is 6.50. The van der Waals surface area contributed by atoms with Crippen molar-refractivity contribution >= 4 is 23.6 Å². The summed E-state index contributed by atoms with van der Waals surface area (Å²) in [4.78, 5) is 29.3. The molecule has 2 heterocycles. The van der Waals surface area contributed by atoms with Crippen LogP contribution in [0.5, 0.6) is 0 Å². The Labute approximate surface area is 160 Å². The second-order valence-electron chi connectivity index (χ2n) is 7.32. The second kappa shape index (κ2) is 8.91. The largest absolute Gasteiger partial charge is 0.353 e. The Balaban J connectivity index is 1.64. The molecule has 26 heavy (non-hydrogen) atoms. The summed E-state index contributed by atoms with van der Waals surface area (Å²) < 4.78 is 0. The summed E-state index contributed by atoms with van der Waals surface area (Å²) in [6, 6.07) is 8.33. The van der Waals surface area contributed by atoms with Gasteiger partial charge in [0.15, 0.2) is 0 Å². The van der Waals surface area contributed by atoms with Crippen LogP contribution in [0.1, 0.15) is 30.4 Å². The standard InChI is InChI=1S/C20H29N3O2S/c1-15-3-5-16(6-4-15)14-23-10-9-21-20(25)18(23)13-19(24)22(2)17-7-11-26-12-8-17/h3-6,17-18H,7-14H2,1-2H3,(H,21,25)/t18-/m0/s1. The molecule has 2 aliphatic heterocycles. The van der Waals surface area contributed by atoms with Gasteiger partial charge < -0.3 is 10.2 Å². The molecule has 0 bridgehead atoms. The summed E-state index contributed by atoms with van der Waals surface area (Å²) in [5, 5.41) is 2.93. The number of thioether (sulfide) groups is 1. The molecular formula is C20H29N3O2S. The maximum absolute atomic E-state index is 12.8. The smallest absolute Gasteiger partial charge is 0.237 e. The minimum absolute atomic E-state index is 0.0238. The highest BCUT2D eigenvalue weighted by atomic mass is 32.2. The van der Waals surface area contributed by atoms with E-state index in [9.17, 15) is 9.59 Å². The van der Waals surface area contributed by atoms with Crippen molar-refractivity contribution in [1.29, 1.82) is 0 Å². The van der Waals surface area contributed by atoms with Gasteiger partial charge in [-0.05, 0) is 36.8 Å². The fourth-order valence-electron chi connectivity index (χ4n) is 3.69. The molecule has 0 aromatic heterocycles. The average molecular weight is 376 g/mol. The number of hydrogen-bond acceptors (Lipinski definition) is 4. The van der Waals surface area contributed by atoms with Crippen LogP contribution in [0.2, 0.25) is 0 Å². The third-order valence-electron chi connectivity index (χ3n) is 5.45. The SMILES string of the molecule is Cc1ccc(CN2CCNC(=O)[C@@H]2CC(=O)N(C)C2CCSCC2)cc1. The lowest BCUT2D eigenvalue weighted by Crippen LogP contribution is -2.56. The Morgan fingerprint density at radius 2 is 1.96 bits per heavy atom. The highest BCUT2D eigenvalue weighted by molar-refractivity contribution is 7.99. The Morgan fingerprint density at radius 1 is 1.27 bits per heavy atom. The molecule has 0 saturated carbocycles. The van der Waals surface area contributed by atoms with Gasteiger partial charge in [0, 0.05) is 32.7 Å². The van der Waals surface area contributed by atoms with E-state index in [1.807, 2.05) is 23.7 Å². The van der Waals surface area contributed by atoms with Gasteiger partial charge >= 0.3 is 0 Å². The maximum atomic E-state index is 12.8. The Bertz CT molecular complexity index is 628. The minimum Gasteiger partial charge on any atom is -0.353 e. The number of carbonyl (C=O) groups is 2. The van der Waals surface area contributed by atoms with E-state index in [2.05, 4.69) is 41.4 Å².